The lowest BCUT2D eigenvalue weighted by Crippen LogP contribution is -2.25. The maximum absolute atomic E-state index is 11.4. The zero-order chi connectivity index (χ0) is 15.9. The third-order valence-electron chi connectivity index (χ3n) is 2.14. The molecule has 0 fully saturated rings. The summed E-state index contributed by atoms with van der Waals surface area (Å²) in [6, 6.07) is 1.61. The van der Waals surface area contributed by atoms with Gasteiger partial charge >= 0.3 is 0 Å². The molecular formula is C7H12N4O6S3. The lowest BCUT2D eigenvalue weighted by molar-refractivity contribution is 0.595. The van der Waals surface area contributed by atoms with Crippen LogP contribution < -0.4 is 20.1 Å². The molecule has 0 spiro atoms. The zero-order valence-corrected chi connectivity index (χ0v) is 12.5. The van der Waals surface area contributed by atoms with Gasteiger partial charge < -0.3 is 0 Å². The third kappa shape index (κ3) is 4.12. The molecule has 0 unspecified atom stereocenters. The Hall–Kier alpha value is -1.25. The molecule has 1 aromatic carbocycles. The summed E-state index contributed by atoms with van der Waals surface area (Å²) in [6.07, 6.45) is 0. The minimum Gasteiger partial charge on any atom is -0.270 e. The Kier molecular flexibility index (Phi) is 4.15. The first-order valence-corrected chi connectivity index (χ1v) is 9.36. The molecule has 10 nitrogen and oxygen atoms in total. The molecule has 0 saturated carbocycles. The molecule has 0 amide bonds. The van der Waals surface area contributed by atoms with Crippen molar-refractivity contribution in [2.45, 2.75) is 16.7 Å². The van der Waals surface area contributed by atoms with Gasteiger partial charge in [-0.05, 0) is 24.6 Å². The topological polar surface area (TPSA) is 193 Å². The molecule has 0 saturated heterocycles. The number of rotatable bonds is 4. The van der Waals surface area contributed by atoms with Crippen LogP contribution >= 0.6 is 0 Å². The quantitative estimate of drug-likeness (QED) is 0.483. The molecule has 13 heteroatoms. The van der Waals surface area contributed by atoms with Crippen molar-refractivity contribution < 1.29 is 25.3 Å². The molecule has 0 radical (unpaired) electrons. The Balaban J connectivity index is 3.76. The number of sulfonamides is 2. The van der Waals surface area contributed by atoms with Gasteiger partial charge in [-0.1, -0.05) is 0 Å². The Labute approximate surface area is 116 Å². The first-order chi connectivity index (χ1) is 8.72. The van der Waals surface area contributed by atoms with Crippen LogP contribution in [0.2, 0.25) is 0 Å². The number of benzene rings is 1. The first kappa shape index (κ1) is 16.8. The summed E-state index contributed by atoms with van der Waals surface area (Å²) < 4.78 is 69.1. The van der Waals surface area contributed by atoms with Crippen LogP contribution in [0.15, 0.2) is 21.9 Å². The molecule has 20 heavy (non-hydrogen) atoms. The fraction of sp³-hybridized carbons (Fsp3) is 0.143. The van der Waals surface area contributed by atoms with E-state index < -0.39 is 45.7 Å². The minimum atomic E-state index is -4.41. The van der Waals surface area contributed by atoms with Crippen molar-refractivity contribution >= 4 is 35.9 Å². The maximum Gasteiger partial charge on any atom is 0.296 e. The summed E-state index contributed by atoms with van der Waals surface area (Å²) in [6.45, 7) is 1.29. The SMILES string of the molecule is Cc1cc(NS(N)(=O)=O)c(S(N)(=O)=O)cc1S(N)(=O)=O. The summed E-state index contributed by atoms with van der Waals surface area (Å²) in [5, 5.41) is 14.6. The van der Waals surface area contributed by atoms with Crippen LogP contribution in [0, 0.1) is 6.92 Å². The van der Waals surface area contributed by atoms with E-state index in [-0.39, 0.29) is 5.56 Å². The van der Waals surface area contributed by atoms with E-state index in [2.05, 4.69) is 0 Å². The summed E-state index contributed by atoms with van der Waals surface area (Å²) in [5.41, 5.74) is -0.453. The van der Waals surface area contributed by atoms with Crippen LogP contribution in [-0.4, -0.2) is 25.3 Å². The largest absolute Gasteiger partial charge is 0.296 e. The summed E-state index contributed by atoms with van der Waals surface area (Å²) >= 11 is 0. The van der Waals surface area contributed by atoms with Crippen molar-refractivity contribution in [2.24, 2.45) is 15.4 Å². The second-order valence-electron chi connectivity index (χ2n) is 3.85. The van der Waals surface area contributed by atoms with Crippen molar-refractivity contribution in [1.82, 2.24) is 0 Å². The van der Waals surface area contributed by atoms with Crippen molar-refractivity contribution in [3.05, 3.63) is 17.7 Å². The van der Waals surface area contributed by atoms with Gasteiger partial charge in [0.1, 0.15) is 4.90 Å². The minimum absolute atomic E-state index is 0.0195. The van der Waals surface area contributed by atoms with Crippen molar-refractivity contribution in [2.75, 3.05) is 4.72 Å². The Morgan fingerprint density at radius 1 is 0.850 bits per heavy atom. The van der Waals surface area contributed by atoms with Crippen LogP contribution in [0.25, 0.3) is 0 Å². The molecule has 7 N–H and O–H groups in total. The van der Waals surface area contributed by atoms with Gasteiger partial charge in [0.05, 0.1) is 10.6 Å². The van der Waals surface area contributed by atoms with E-state index in [4.69, 9.17) is 15.4 Å². The van der Waals surface area contributed by atoms with Gasteiger partial charge in [0.2, 0.25) is 20.0 Å². The van der Waals surface area contributed by atoms with Crippen molar-refractivity contribution in [1.29, 1.82) is 0 Å². The fourth-order valence-electron chi connectivity index (χ4n) is 1.44. The molecule has 0 aliphatic rings. The number of anilines is 1. The van der Waals surface area contributed by atoms with E-state index in [1.807, 2.05) is 0 Å². The lowest BCUT2D eigenvalue weighted by Gasteiger charge is -2.12. The van der Waals surface area contributed by atoms with Crippen molar-refractivity contribution in [3.8, 4) is 0 Å². The molecule has 0 atom stereocenters. The van der Waals surface area contributed by atoms with Gasteiger partial charge in [-0.3, -0.25) is 4.72 Å². The molecule has 1 rings (SSSR count). The van der Waals surface area contributed by atoms with Crippen LogP contribution in [0.4, 0.5) is 5.69 Å². The highest BCUT2D eigenvalue weighted by atomic mass is 32.2. The van der Waals surface area contributed by atoms with E-state index in [1.165, 1.54) is 6.92 Å². The van der Waals surface area contributed by atoms with E-state index in [1.54, 1.807) is 4.72 Å². The normalized spacial score (nSPS) is 13.2. The highest BCUT2D eigenvalue weighted by molar-refractivity contribution is 7.91. The van der Waals surface area contributed by atoms with Gasteiger partial charge in [-0.15, -0.1) is 0 Å². The molecule has 0 aromatic heterocycles. The lowest BCUT2D eigenvalue weighted by atomic mass is 10.2. The third-order valence-corrected chi connectivity index (χ3v) is 4.65. The van der Waals surface area contributed by atoms with Crippen molar-refractivity contribution in [3.63, 3.8) is 0 Å². The average molecular weight is 344 g/mol. The van der Waals surface area contributed by atoms with Gasteiger partial charge in [0, 0.05) is 0 Å². The number of aryl methyl sites for hydroxylation is 1. The van der Waals surface area contributed by atoms with Gasteiger partial charge in [0.15, 0.2) is 0 Å². The van der Waals surface area contributed by atoms with Crippen LogP contribution in [0.3, 0.4) is 0 Å². The highest BCUT2D eigenvalue weighted by Crippen LogP contribution is 2.27. The molecule has 114 valence electrons. The number of primary sulfonamides is 2. The second kappa shape index (κ2) is 4.94. The molecule has 0 heterocycles. The summed E-state index contributed by atoms with van der Waals surface area (Å²) in [4.78, 5) is -1.26. The smallest absolute Gasteiger partial charge is 0.270 e. The number of nitrogens with one attached hydrogen (secondary N) is 1. The predicted octanol–water partition coefficient (Wildman–Crippen LogP) is -2.09. The molecular weight excluding hydrogens is 332 g/mol. The Morgan fingerprint density at radius 2 is 1.30 bits per heavy atom. The van der Waals surface area contributed by atoms with Crippen LogP contribution in [0.1, 0.15) is 5.56 Å². The second-order valence-corrected chi connectivity index (χ2v) is 8.20. The molecule has 0 bridgehead atoms. The number of hydrogen-bond acceptors (Lipinski definition) is 6. The van der Waals surface area contributed by atoms with Gasteiger partial charge in [-0.2, -0.15) is 8.42 Å². The van der Waals surface area contributed by atoms with Gasteiger partial charge in [0.25, 0.3) is 10.2 Å². The predicted molar refractivity (Wildman–Crippen MR) is 70.7 cm³/mol. The standard InChI is InChI=1S/C7H12N4O6S3/c1-4-2-5(11-20(10,16)17)7(19(9,14)15)3-6(4)18(8,12)13/h2-3,11H,1H3,(H2,8,12,13)(H2,9,14,15)(H2,10,16,17). The zero-order valence-electron chi connectivity index (χ0n) is 10.1. The summed E-state index contributed by atoms with van der Waals surface area (Å²) in [7, 11) is -12.9. The Morgan fingerprint density at radius 3 is 1.65 bits per heavy atom. The number of nitrogens with two attached hydrogens (primary N) is 3. The summed E-state index contributed by atoms with van der Waals surface area (Å²) in [5.74, 6) is 0. The van der Waals surface area contributed by atoms with E-state index in [0.717, 1.165) is 6.07 Å². The van der Waals surface area contributed by atoms with Gasteiger partial charge in [-0.25, -0.2) is 32.3 Å². The van der Waals surface area contributed by atoms with E-state index >= 15 is 0 Å². The Bertz CT molecular complexity index is 856. The number of hydrogen-bond donors (Lipinski definition) is 4. The van der Waals surface area contributed by atoms with E-state index in [9.17, 15) is 25.3 Å². The first-order valence-electron chi connectivity index (χ1n) is 4.72. The molecule has 0 aliphatic heterocycles. The average Bonchev–Trinajstić information content (AvgIpc) is 2.09. The van der Waals surface area contributed by atoms with Crippen LogP contribution in [-0.2, 0) is 30.3 Å². The van der Waals surface area contributed by atoms with E-state index in [0.29, 0.717) is 6.07 Å². The highest BCUT2D eigenvalue weighted by Gasteiger charge is 2.22. The monoisotopic (exact) mass is 344 g/mol. The molecule has 1 aromatic rings. The maximum atomic E-state index is 11.4. The van der Waals surface area contributed by atoms with Crippen LogP contribution in [0.5, 0.6) is 0 Å². The molecule has 0 aliphatic carbocycles. The fourth-order valence-corrected chi connectivity index (χ4v) is 3.55.